The molecule has 0 radical (unpaired) electrons. The Labute approximate surface area is 74.9 Å². The van der Waals surface area contributed by atoms with E-state index in [0.29, 0.717) is 5.92 Å². The SMILES string of the molecule is C=C(C)C[C@H](C)/C(=C/Cl)CC. The standard InChI is InChI=1S/C10H17Cl/c1-5-10(7-11)9(4)6-8(2)3/h7,9H,2,5-6H2,1,3-4H3/b10-7+/t9-/m0/s1. The summed E-state index contributed by atoms with van der Waals surface area (Å²) in [6.07, 6.45) is 2.09. The third-order valence-corrected chi connectivity index (χ3v) is 2.12. The number of allylic oxidation sites excluding steroid dienone is 2. The van der Waals surface area contributed by atoms with Gasteiger partial charge in [0, 0.05) is 5.54 Å². The molecule has 0 heterocycles. The van der Waals surface area contributed by atoms with E-state index in [0.717, 1.165) is 12.8 Å². The molecule has 0 aliphatic heterocycles. The van der Waals surface area contributed by atoms with E-state index in [2.05, 4.69) is 27.4 Å². The van der Waals surface area contributed by atoms with Gasteiger partial charge in [-0.15, -0.1) is 6.58 Å². The molecule has 0 bridgehead atoms. The fraction of sp³-hybridized carbons (Fsp3) is 0.600. The van der Waals surface area contributed by atoms with Gasteiger partial charge in [0.05, 0.1) is 0 Å². The first-order valence-corrected chi connectivity index (χ1v) is 4.49. The van der Waals surface area contributed by atoms with Gasteiger partial charge in [0.15, 0.2) is 0 Å². The first-order valence-electron chi connectivity index (χ1n) is 4.05. The molecule has 0 amide bonds. The highest BCUT2D eigenvalue weighted by molar-refractivity contribution is 6.25. The Morgan fingerprint density at radius 1 is 1.64 bits per heavy atom. The van der Waals surface area contributed by atoms with Crippen LogP contribution < -0.4 is 0 Å². The maximum Gasteiger partial charge on any atom is 0.00371 e. The molecule has 1 heteroatoms. The maximum atomic E-state index is 5.65. The van der Waals surface area contributed by atoms with Crippen molar-refractivity contribution in [3.8, 4) is 0 Å². The quantitative estimate of drug-likeness (QED) is 0.560. The van der Waals surface area contributed by atoms with E-state index in [-0.39, 0.29) is 0 Å². The van der Waals surface area contributed by atoms with Crippen LogP contribution in [0.1, 0.15) is 33.6 Å². The summed E-state index contributed by atoms with van der Waals surface area (Å²) >= 11 is 5.65. The monoisotopic (exact) mass is 172 g/mol. The molecule has 0 rings (SSSR count). The first-order chi connectivity index (χ1) is 5.11. The first kappa shape index (κ1) is 10.8. The molecule has 0 aliphatic rings. The van der Waals surface area contributed by atoms with Gasteiger partial charge in [-0.2, -0.15) is 0 Å². The van der Waals surface area contributed by atoms with Crippen LogP contribution in [0.25, 0.3) is 0 Å². The van der Waals surface area contributed by atoms with Gasteiger partial charge in [-0.25, -0.2) is 0 Å². The van der Waals surface area contributed by atoms with Crippen molar-refractivity contribution in [2.45, 2.75) is 33.6 Å². The third kappa shape index (κ3) is 4.26. The van der Waals surface area contributed by atoms with E-state index in [4.69, 9.17) is 11.6 Å². The smallest absolute Gasteiger partial charge is 0.00371 e. The largest absolute Gasteiger partial charge is 0.100 e. The van der Waals surface area contributed by atoms with Crippen LogP contribution >= 0.6 is 11.6 Å². The van der Waals surface area contributed by atoms with E-state index in [1.807, 2.05) is 0 Å². The maximum absolute atomic E-state index is 5.65. The minimum absolute atomic E-state index is 0.551. The highest BCUT2D eigenvalue weighted by Crippen LogP contribution is 2.21. The van der Waals surface area contributed by atoms with E-state index in [9.17, 15) is 0 Å². The molecule has 0 fully saturated rings. The lowest BCUT2D eigenvalue weighted by atomic mass is 9.94. The van der Waals surface area contributed by atoms with Gasteiger partial charge in [-0.3, -0.25) is 0 Å². The van der Waals surface area contributed by atoms with Gasteiger partial charge < -0.3 is 0 Å². The van der Waals surface area contributed by atoms with Crippen molar-refractivity contribution in [2.75, 3.05) is 0 Å². The van der Waals surface area contributed by atoms with Crippen molar-refractivity contribution in [1.82, 2.24) is 0 Å². The van der Waals surface area contributed by atoms with Crippen LogP contribution in [0.2, 0.25) is 0 Å². The van der Waals surface area contributed by atoms with Gasteiger partial charge >= 0.3 is 0 Å². The normalized spacial score (nSPS) is 14.7. The summed E-state index contributed by atoms with van der Waals surface area (Å²) in [5.41, 5.74) is 4.24. The van der Waals surface area contributed by atoms with Crippen molar-refractivity contribution < 1.29 is 0 Å². The second-order valence-electron chi connectivity index (χ2n) is 3.10. The molecular weight excluding hydrogens is 156 g/mol. The van der Waals surface area contributed by atoms with Crippen LogP contribution in [0.15, 0.2) is 23.3 Å². The molecule has 64 valence electrons. The van der Waals surface area contributed by atoms with Crippen molar-refractivity contribution in [3.05, 3.63) is 23.3 Å². The van der Waals surface area contributed by atoms with Crippen LogP contribution in [0.3, 0.4) is 0 Å². The Kier molecular flexibility index (Phi) is 5.31. The molecule has 11 heavy (non-hydrogen) atoms. The molecule has 1 atom stereocenters. The summed E-state index contributed by atoms with van der Waals surface area (Å²) in [4.78, 5) is 0. The van der Waals surface area contributed by atoms with Crippen LogP contribution in [0.4, 0.5) is 0 Å². The summed E-state index contributed by atoms with van der Waals surface area (Å²) in [7, 11) is 0. The summed E-state index contributed by atoms with van der Waals surface area (Å²) in [5, 5.41) is 0. The molecule has 0 aliphatic carbocycles. The highest BCUT2D eigenvalue weighted by atomic mass is 35.5. The van der Waals surface area contributed by atoms with Crippen molar-refractivity contribution in [1.29, 1.82) is 0 Å². The van der Waals surface area contributed by atoms with Crippen molar-refractivity contribution >= 4 is 11.6 Å². The van der Waals surface area contributed by atoms with Gasteiger partial charge in [-0.1, -0.05) is 36.6 Å². The van der Waals surface area contributed by atoms with Gasteiger partial charge in [-0.05, 0) is 25.7 Å². The lowest BCUT2D eigenvalue weighted by molar-refractivity contribution is 0.651. The summed E-state index contributed by atoms with van der Waals surface area (Å²) in [6.45, 7) is 10.2. The molecule has 0 saturated carbocycles. The van der Waals surface area contributed by atoms with Gasteiger partial charge in [0.2, 0.25) is 0 Å². The van der Waals surface area contributed by atoms with Crippen LogP contribution in [0.5, 0.6) is 0 Å². The molecule has 0 aromatic carbocycles. The lowest BCUT2D eigenvalue weighted by Gasteiger charge is -2.12. The fourth-order valence-corrected chi connectivity index (χ4v) is 1.56. The van der Waals surface area contributed by atoms with E-state index in [1.54, 1.807) is 5.54 Å². The third-order valence-electron chi connectivity index (χ3n) is 1.84. The lowest BCUT2D eigenvalue weighted by Crippen LogP contribution is -1.98. The Morgan fingerprint density at radius 3 is 2.45 bits per heavy atom. The van der Waals surface area contributed by atoms with Crippen LogP contribution in [0, 0.1) is 5.92 Å². The molecule has 0 saturated heterocycles. The number of halogens is 1. The Hall–Kier alpha value is -0.230. The van der Waals surface area contributed by atoms with Crippen molar-refractivity contribution in [2.24, 2.45) is 5.92 Å². The topological polar surface area (TPSA) is 0 Å². The average molecular weight is 173 g/mol. The second kappa shape index (κ2) is 5.42. The minimum atomic E-state index is 0.551. The second-order valence-corrected chi connectivity index (χ2v) is 3.32. The predicted octanol–water partition coefficient (Wildman–Crippen LogP) is 4.12. The predicted molar refractivity (Wildman–Crippen MR) is 52.8 cm³/mol. The van der Waals surface area contributed by atoms with E-state index >= 15 is 0 Å². The van der Waals surface area contributed by atoms with Crippen LogP contribution in [-0.4, -0.2) is 0 Å². The average Bonchev–Trinajstić information content (AvgIpc) is 1.88. The van der Waals surface area contributed by atoms with E-state index < -0.39 is 0 Å². The minimum Gasteiger partial charge on any atom is -0.100 e. The Morgan fingerprint density at radius 2 is 2.18 bits per heavy atom. The zero-order valence-electron chi connectivity index (χ0n) is 7.65. The number of rotatable bonds is 4. The molecule has 0 nitrogen and oxygen atoms in total. The molecule has 0 N–H and O–H groups in total. The van der Waals surface area contributed by atoms with Gasteiger partial charge in [0.25, 0.3) is 0 Å². The summed E-state index contributed by atoms with van der Waals surface area (Å²) in [5.74, 6) is 0.551. The van der Waals surface area contributed by atoms with E-state index in [1.165, 1.54) is 11.1 Å². The molecule has 0 unspecified atom stereocenters. The fourth-order valence-electron chi connectivity index (χ4n) is 1.19. The molecule has 0 aromatic heterocycles. The highest BCUT2D eigenvalue weighted by Gasteiger charge is 2.05. The number of hydrogen-bond acceptors (Lipinski definition) is 0. The summed E-state index contributed by atoms with van der Waals surface area (Å²) < 4.78 is 0. The van der Waals surface area contributed by atoms with Crippen molar-refractivity contribution in [3.63, 3.8) is 0 Å². The molecule has 0 aromatic rings. The number of hydrogen-bond donors (Lipinski definition) is 0. The van der Waals surface area contributed by atoms with Gasteiger partial charge in [0.1, 0.15) is 0 Å². The molecule has 0 spiro atoms. The zero-order valence-corrected chi connectivity index (χ0v) is 8.41. The van der Waals surface area contributed by atoms with Crippen LogP contribution in [-0.2, 0) is 0 Å². The molecular formula is C10H17Cl. The Bertz CT molecular complexity index is 156. The zero-order chi connectivity index (χ0) is 8.85. The summed E-state index contributed by atoms with van der Waals surface area (Å²) in [6, 6.07) is 0. The Balaban J connectivity index is 4.00.